The summed E-state index contributed by atoms with van der Waals surface area (Å²) < 4.78 is 34.4. The maximum atomic E-state index is 14.1. The lowest BCUT2D eigenvalue weighted by Crippen LogP contribution is -2.53. The van der Waals surface area contributed by atoms with Gasteiger partial charge in [-0.1, -0.05) is 61.3 Å². The zero-order valence-corrected chi connectivity index (χ0v) is 26.5. The highest BCUT2D eigenvalue weighted by molar-refractivity contribution is 7.92. The van der Waals surface area contributed by atoms with Crippen molar-refractivity contribution in [2.75, 3.05) is 17.5 Å². The lowest BCUT2D eigenvalue weighted by atomic mass is 10.1. The third-order valence-corrected chi connectivity index (χ3v) is 9.16. The summed E-state index contributed by atoms with van der Waals surface area (Å²) in [7, 11) is -4.19. The molecule has 11 heteroatoms. The summed E-state index contributed by atoms with van der Waals surface area (Å²) in [4.78, 5) is 28.9. The summed E-state index contributed by atoms with van der Waals surface area (Å²) in [6, 6.07) is 18.3. The minimum absolute atomic E-state index is 0.00328. The Morgan fingerprint density at radius 1 is 0.929 bits per heavy atom. The molecular weight excluding hydrogens is 597 g/mol. The second-order valence-corrected chi connectivity index (χ2v) is 12.5. The number of benzene rings is 3. The smallest absolute Gasteiger partial charge is 0.264 e. The number of carbonyl (C=O) groups excluding carboxylic acids is 2. The van der Waals surface area contributed by atoms with E-state index in [1.54, 1.807) is 67.6 Å². The van der Waals surface area contributed by atoms with Gasteiger partial charge in [0.05, 0.1) is 17.2 Å². The average molecular weight is 635 g/mol. The molecule has 0 aliphatic carbocycles. The molecule has 0 bridgehead atoms. The third kappa shape index (κ3) is 8.40. The SMILES string of the molecule is CCOc1ccc(S(=O)(=O)N(CC(=O)N(Cc2ccc(Cl)cc2Cl)[C@@H](CC)C(=O)N[C@@H](C)CC)c2ccccc2)cc1. The molecule has 2 atom stereocenters. The highest BCUT2D eigenvalue weighted by Gasteiger charge is 2.34. The number of amides is 2. The van der Waals surface area contributed by atoms with Crippen LogP contribution < -0.4 is 14.4 Å². The Labute approximate surface area is 258 Å². The normalized spacial score (nSPS) is 12.7. The summed E-state index contributed by atoms with van der Waals surface area (Å²) in [5, 5.41) is 3.71. The molecule has 0 unspecified atom stereocenters. The van der Waals surface area contributed by atoms with Crippen molar-refractivity contribution in [2.24, 2.45) is 0 Å². The fourth-order valence-corrected chi connectivity index (χ4v) is 6.20. The Hall–Kier alpha value is -3.27. The number of para-hydroxylation sites is 1. The number of anilines is 1. The molecule has 3 aromatic carbocycles. The molecule has 0 aromatic heterocycles. The van der Waals surface area contributed by atoms with Gasteiger partial charge >= 0.3 is 0 Å². The largest absolute Gasteiger partial charge is 0.494 e. The van der Waals surface area contributed by atoms with E-state index < -0.39 is 28.5 Å². The van der Waals surface area contributed by atoms with Crippen LogP contribution in [0, 0.1) is 0 Å². The Morgan fingerprint density at radius 3 is 2.17 bits per heavy atom. The lowest BCUT2D eigenvalue weighted by molar-refractivity contribution is -0.140. The van der Waals surface area contributed by atoms with Gasteiger partial charge in [-0.25, -0.2) is 8.42 Å². The molecule has 0 heterocycles. The number of nitrogens with zero attached hydrogens (tertiary/aromatic N) is 2. The van der Waals surface area contributed by atoms with Crippen LogP contribution in [0.15, 0.2) is 77.7 Å². The van der Waals surface area contributed by atoms with Gasteiger partial charge in [0.15, 0.2) is 0 Å². The molecule has 2 amide bonds. The minimum atomic E-state index is -4.19. The Balaban J connectivity index is 2.05. The number of hydrogen-bond donors (Lipinski definition) is 1. The molecule has 3 rings (SSSR count). The van der Waals surface area contributed by atoms with Gasteiger partial charge in [0, 0.05) is 22.6 Å². The number of nitrogens with one attached hydrogen (secondary N) is 1. The van der Waals surface area contributed by atoms with Crippen molar-refractivity contribution in [3.05, 3.63) is 88.4 Å². The van der Waals surface area contributed by atoms with E-state index in [2.05, 4.69) is 5.32 Å². The van der Waals surface area contributed by atoms with Crippen LogP contribution >= 0.6 is 23.2 Å². The fraction of sp³-hybridized carbons (Fsp3) is 0.355. The minimum Gasteiger partial charge on any atom is -0.494 e. The summed E-state index contributed by atoms with van der Waals surface area (Å²) in [5.41, 5.74) is 0.881. The maximum absolute atomic E-state index is 14.1. The van der Waals surface area contributed by atoms with Crippen molar-refractivity contribution < 1.29 is 22.7 Å². The van der Waals surface area contributed by atoms with E-state index in [9.17, 15) is 18.0 Å². The number of hydrogen-bond acceptors (Lipinski definition) is 5. The maximum Gasteiger partial charge on any atom is 0.264 e. The van der Waals surface area contributed by atoms with Gasteiger partial charge in [0.2, 0.25) is 11.8 Å². The molecule has 0 aliphatic heterocycles. The zero-order chi connectivity index (χ0) is 30.9. The van der Waals surface area contributed by atoms with Gasteiger partial charge in [-0.15, -0.1) is 0 Å². The van der Waals surface area contributed by atoms with Gasteiger partial charge in [-0.2, -0.15) is 0 Å². The standard InChI is InChI=1S/C31H37Cl2N3O5S/c1-5-22(4)34-31(38)29(6-2)35(20-23-13-14-24(32)19-28(23)33)30(37)21-36(25-11-9-8-10-12-25)42(39,40)27-17-15-26(16-18-27)41-7-3/h8-19,22,29H,5-7,20-21H2,1-4H3,(H,34,38)/t22-,29-/m0/s1. The molecular formula is C31H37Cl2N3O5S. The predicted molar refractivity (Wildman–Crippen MR) is 168 cm³/mol. The van der Waals surface area contributed by atoms with Crippen LogP contribution in [0.3, 0.4) is 0 Å². The fourth-order valence-electron chi connectivity index (χ4n) is 4.32. The van der Waals surface area contributed by atoms with Crippen LogP contribution in [-0.4, -0.2) is 50.4 Å². The lowest BCUT2D eigenvalue weighted by Gasteiger charge is -2.34. The zero-order valence-electron chi connectivity index (χ0n) is 24.2. The Morgan fingerprint density at radius 2 is 1.60 bits per heavy atom. The first-order chi connectivity index (χ1) is 20.0. The average Bonchev–Trinajstić information content (AvgIpc) is 2.97. The number of halogens is 2. The summed E-state index contributed by atoms with van der Waals surface area (Å²) >= 11 is 12.6. The molecule has 0 spiro atoms. The van der Waals surface area contributed by atoms with Crippen LogP contribution in [0.25, 0.3) is 0 Å². The highest BCUT2D eigenvalue weighted by Crippen LogP contribution is 2.27. The second-order valence-electron chi connectivity index (χ2n) is 9.75. The van der Waals surface area contributed by atoms with Gasteiger partial charge in [0.1, 0.15) is 18.3 Å². The molecule has 0 saturated carbocycles. The van der Waals surface area contributed by atoms with E-state index >= 15 is 0 Å². The van der Waals surface area contributed by atoms with E-state index in [0.29, 0.717) is 46.5 Å². The molecule has 3 aromatic rings. The molecule has 0 aliphatic rings. The van der Waals surface area contributed by atoms with Crippen LogP contribution in [0.5, 0.6) is 5.75 Å². The van der Waals surface area contributed by atoms with Gasteiger partial charge < -0.3 is 15.0 Å². The molecule has 1 N–H and O–H groups in total. The molecule has 8 nitrogen and oxygen atoms in total. The molecule has 0 fully saturated rings. The number of sulfonamides is 1. The van der Waals surface area contributed by atoms with Gasteiger partial charge in [0.25, 0.3) is 10.0 Å². The van der Waals surface area contributed by atoms with Crippen molar-refractivity contribution in [2.45, 2.75) is 64.1 Å². The quantitative estimate of drug-likeness (QED) is 0.224. The van der Waals surface area contributed by atoms with E-state index in [4.69, 9.17) is 27.9 Å². The Bertz CT molecular complexity index is 1450. The number of carbonyl (C=O) groups is 2. The topological polar surface area (TPSA) is 96.0 Å². The van der Waals surface area contributed by atoms with Crippen LogP contribution in [0.4, 0.5) is 5.69 Å². The Kier molecular flexibility index (Phi) is 12.1. The van der Waals surface area contributed by atoms with Crippen molar-refractivity contribution in [3.8, 4) is 5.75 Å². The molecule has 0 saturated heterocycles. The van der Waals surface area contributed by atoms with Crippen molar-refractivity contribution in [3.63, 3.8) is 0 Å². The van der Waals surface area contributed by atoms with Crippen LogP contribution in [-0.2, 0) is 26.2 Å². The summed E-state index contributed by atoms with van der Waals surface area (Å²) in [6.45, 7) is 7.34. The summed E-state index contributed by atoms with van der Waals surface area (Å²) in [6.07, 6.45) is 1.01. The van der Waals surface area contributed by atoms with E-state index in [0.717, 1.165) is 4.31 Å². The number of rotatable bonds is 14. The summed E-state index contributed by atoms with van der Waals surface area (Å²) in [5.74, 6) is -0.362. The molecule has 42 heavy (non-hydrogen) atoms. The monoisotopic (exact) mass is 633 g/mol. The second kappa shape index (κ2) is 15.3. The van der Waals surface area contributed by atoms with Crippen molar-refractivity contribution >= 4 is 50.7 Å². The van der Waals surface area contributed by atoms with Gasteiger partial charge in [-0.05, 0) is 80.8 Å². The first-order valence-electron chi connectivity index (χ1n) is 13.9. The molecule has 0 radical (unpaired) electrons. The first kappa shape index (κ1) is 33.2. The highest BCUT2D eigenvalue weighted by atomic mass is 35.5. The van der Waals surface area contributed by atoms with Crippen molar-refractivity contribution in [1.29, 1.82) is 0 Å². The third-order valence-electron chi connectivity index (χ3n) is 6.79. The van der Waals surface area contributed by atoms with Gasteiger partial charge in [-0.3, -0.25) is 13.9 Å². The first-order valence-corrected chi connectivity index (χ1v) is 16.1. The predicted octanol–water partition coefficient (Wildman–Crippen LogP) is 6.31. The van der Waals surface area contributed by atoms with Crippen molar-refractivity contribution in [1.82, 2.24) is 10.2 Å². The van der Waals surface area contributed by atoms with Crippen LogP contribution in [0.1, 0.15) is 46.1 Å². The van der Waals surface area contributed by atoms with E-state index in [-0.39, 0.29) is 23.4 Å². The van der Waals surface area contributed by atoms with E-state index in [1.165, 1.54) is 17.0 Å². The molecule has 226 valence electrons. The van der Waals surface area contributed by atoms with E-state index in [1.807, 2.05) is 20.8 Å². The van der Waals surface area contributed by atoms with Crippen LogP contribution in [0.2, 0.25) is 10.0 Å². The number of ether oxygens (including phenoxy) is 1.